The number of H-pyrrole nitrogens is 1. The summed E-state index contributed by atoms with van der Waals surface area (Å²) < 4.78 is 1.65. The van der Waals surface area contributed by atoms with Crippen molar-refractivity contribution in [2.75, 3.05) is 0 Å². The van der Waals surface area contributed by atoms with E-state index in [4.69, 9.17) is 11.6 Å². The van der Waals surface area contributed by atoms with Gasteiger partial charge in [0.25, 0.3) is 0 Å². The van der Waals surface area contributed by atoms with Crippen molar-refractivity contribution in [1.29, 1.82) is 0 Å². The Kier molecular flexibility index (Phi) is 2.64. The molecule has 1 aromatic carbocycles. The number of nitrogens with zero attached hydrogens (tertiary/aromatic N) is 2. The smallest absolute Gasteiger partial charge is 0.304 e. The minimum Gasteiger partial charge on any atom is -0.304 e. The Labute approximate surface area is 108 Å². The molecule has 0 atom stereocenters. The van der Waals surface area contributed by atoms with Crippen molar-refractivity contribution < 1.29 is 0 Å². The molecule has 0 saturated heterocycles. The maximum absolute atomic E-state index is 11.9. The molecule has 0 aliphatic heterocycles. The molecule has 0 aliphatic carbocycles. The van der Waals surface area contributed by atoms with Crippen molar-refractivity contribution in [1.82, 2.24) is 14.5 Å². The Morgan fingerprint density at radius 3 is 2.83 bits per heavy atom. The maximum Gasteiger partial charge on any atom is 0.326 e. The molecule has 5 heteroatoms. The molecule has 0 unspecified atom stereocenters. The zero-order chi connectivity index (χ0) is 12.5. The van der Waals surface area contributed by atoms with Crippen LogP contribution in [-0.4, -0.2) is 14.5 Å². The quantitative estimate of drug-likeness (QED) is 0.719. The van der Waals surface area contributed by atoms with Crippen LogP contribution in [0.4, 0.5) is 0 Å². The van der Waals surface area contributed by atoms with E-state index in [2.05, 4.69) is 9.97 Å². The van der Waals surface area contributed by atoms with Gasteiger partial charge in [-0.3, -0.25) is 4.57 Å². The fourth-order valence-electron chi connectivity index (χ4n) is 1.95. The summed E-state index contributed by atoms with van der Waals surface area (Å²) in [6.07, 6.45) is 1.57. The molecule has 4 nitrogen and oxygen atoms in total. The summed E-state index contributed by atoms with van der Waals surface area (Å²) in [6, 6.07) is 11.5. The highest BCUT2D eigenvalue weighted by Gasteiger charge is 2.08. The lowest BCUT2D eigenvalue weighted by atomic mass is 10.2. The van der Waals surface area contributed by atoms with Gasteiger partial charge >= 0.3 is 5.69 Å². The standard InChI is InChI=1S/C13H10ClN3O/c14-12-6-11-10(7-15-12)16-13(18)17(11)8-9-4-2-1-3-5-9/h1-7H,8H2,(H,16,18). The number of hydrogen-bond acceptors (Lipinski definition) is 2. The number of aromatic amines is 1. The van der Waals surface area contributed by atoms with Crippen molar-refractivity contribution in [3.63, 3.8) is 0 Å². The Balaban J connectivity index is 2.14. The van der Waals surface area contributed by atoms with E-state index in [0.717, 1.165) is 11.1 Å². The summed E-state index contributed by atoms with van der Waals surface area (Å²) in [4.78, 5) is 18.6. The van der Waals surface area contributed by atoms with Gasteiger partial charge in [0, 0.05) is 6.07 Å². The van der Waals surface area contributed by atoms with Gasteiger partial charge in [-0.1, -0.05) is 41.9 Å². The van der Waals surface area contributed by atoms with E-state index < -0.39 is 0 Å². The van der Waals surface area contributed by atoms with Crippen LogP contribution in [-0.2, 0) is 6.54 Å². The number of fused-ring (bicyclic) bond motifs is 1. The van der Waals surface area contributed by atoms with Gasteiger partial charge in [0.2, 0.25) is 0 Å². The lowest BCUT2D eigenvalue weighted by Gasteiger charge is -2.03. The second-order valence-corrected chi connectivity index (χ2v) is 4.41. The summed E-state index contributed by atoms with van der Waals surface area (Å²) in [5, 5.41) is 0.378. The van der Waals surface area contributed by atoms with Gasteiger partial charge < -0.3 is 4.98 Å². The van der Waals surface area contributed by atoms with Gasteiger partial charge in [0.1, 0.15) is 5.15 Å². The van der Waals surface area contributed by atoms with Crippen LogP contribution in [0.25, 0.3) is 11.0 Å². The zero-order valence-corrected chi connectivity index (χ0v) is 10.2. The van der Waals surface area contributed by atoms with Crippen molar-refractivity contribution in [3.8, 4) is 0 Å². The summed E-state index contributed by atoms with van der Waals surface area (Å²) in [6.45, 7) is 0.514. The van der Waals surface area contributed by atoms with Crippen molar-refractivity contribution in [2.24, 2.45) is 0 Å². The lowest BCUT2D eigenvalue weighted by Crippen LogP contribution is -2.17. The van der Waals surface area contributed by atoms with Crippen molar-refractivity contribution >= 4 is 22.6 Å². The molecule has 18 heavy (non-hydrogen) atoms. The summed E-state index contributed by atoms with van der Waals surface area (Å²) in [7, 11) is 0. The highest BCUT2D eigenvalue weighted by atomic mass is 35.5. The van der Waals surface area contributed by atoms with E-state index in [0.29, 0.717) is 17.2 Å². The maximum atomic E-state index is 11.9. The number of imidazole rings is 1. The minimum atomic E-state index is -0.155. The predicted molar refractivity (Wildman–Crippen MR) is 70.9 cm³/mol. The molecule has 0 radical (unpaired) electrons. The molecule has 0 fully saturated rings. The molecule has 0 amide bonds. The molecule has 0 spiro atoms. The average molecular weight is 260 g/mol. The topological polar surface area (TPSA) is 50.7 Å². The Morgan fingerprint density at radius 1 is 1.28 bits per heavy atom. The monoisotopic (exact) mass is 259 g/mol. The van der Waals surface area contributed by atoms with Crippen molar-refractivity contribution in [3.05, 3.63) is 63.8 Å². The van der Waals surface area contributed by atoms with Crippen LogP contribution in [0.1, 0.15) is 5.56 Å². The molecule has 0 bridgehead atoms. The van der Waals surface area contributed by atoms with Crippen LogP contribution < -0.4 is 5.69 Å². The SMILES string of the molecule is O=c1[nH]c2cnc(Cl)cc2n1Cc1ccccc1. The molecule has 3 aromatic rings. The summed E-state index contributed by atoms with van der Waals surface area (Å²) in [5.74, 6) is 0. The minimum absolute atomic E-state index is 0.155. The van der Waals surface area contributed by atoms with E-state index >= 15 is 0 Å². The highest BCUT2D eigenvalue weighted by molar-refractivity contribution is 6.29. The highest BCUT2D eigenvalue weighted by Crippen LogP contribution is 2.14. The summed E-state index contributed by atoms with van der Waals surface area (Å²) >= 11 is 5.86. The van der Waals surface area contributed by atoms with Crippen molar-refractivity contribution in [2.45, 2.75) is 6.54 Å². The number of benzene rings is 1. The predicted octanol–water partition coefficient (Wildman–Crippen LogP) is 2.43. The van der Waals surface area contributed by atoms with Gasteiger partial charge in [-0.05, 0) is 5.56 Å². The number of aromatic nitrogens is 3. The Hall–Kier alpha value is -2.07. The summed E-state index contributed by atoms with van der Waals surface area (Å²) in [5.41, 5.74) is 2.37. The molecule has 3 rings (SSSR count). The normalized spacial score (nSPS) is 10.9. The number of hydrogen-bond donors (Lipinski definition) is 1. The molecule has 0 saturated carbocycles. The van der Waals surface area contributed by atoms with Crippen LogP contribution in [0.3, 0.4) is 0 Å². The second-order valence-electron chi connectivity index (χ2n) is 4.03. The number of nitrogens with one attached hydrogen (secondary N) is 1. The van der Waals surface area contributed by atoms with Crippen LogP contribution in [0.5, 0.6) is 0 Å². The molecular weight excluding hydrogens is 250 g/mol. The van der Waals surface area contributed by atoms with Gasteiger partial charge in [-0.25, -0.2) is 9.78 Å². The van der Waals surface area contributed by atoms with E-state index in [1.54, 1.807) is 16.8 Å². The molecular formula is C13H10ClN3O. The van der Waals surface area contributed by atoms with Gasteiger partial charge in [-0.2, -0.15) is 0 Å². The van der Waals surface area contributed by atoms with E-state index in [1.807, 2.05) is 30.3 Å². The first-order valence-corrected chi connectivity index (χ1v) is 5.90. The molecule has 0 aliphatic rings. The largest absolute Gasteiger partial charge is 0.326 e. The molecule has 1 N–H and O–H groups in total. The lowest BCUT2D eigenvalue weighted by molar-refractivity contribution is 0.787. The number of rotatable bonds is 2. The second kappa shape index (κ2) is 4.31. The molecule has 2 heterocycles. The fraction of sp³-hybridized carbons (Fsp3) is 0.0769. The number of pyridine rings is 1. The third kappa shape index (κ3) is 1.91. The Bertz CT molecular complexity index is 746. The Morgan fingerprint density at radius 2 is 2.06 bits per heavy atom. The van der Waals surface area contributed by atoms with Crippen LogP contribution >= 0.6 is 11.6 Å². The average Bonchev–Trinajstić information content (AvgIpc) is 2.67. The first-order valence-electron chi connectivity index (χ1n) is 5.52. The van der Waals surface area contributed by atoms with Crippen LogP contribution in [0, 0.1) is 0 Å². The first-order chi connectivity index (χ1) is 8.74. The molecule has 2 aromatic heterocycles. The zero-order valence-electron chi connectivity index (χ0n) is 9.43. The van der Waals surface area contributed by atoms with E-state index in [1.165, 1.54) is 0 Å². The van der Waals surface area contributed by atoms with E-state index in [9.17, 15) is 4.79 Å². The third-order valence-electron chi connectivity index (χ3n) is 2.81. The first kappa shape index (κ1) is 11.0. The van der Waals surface area contributed by atoms with Crippen LogP contribution in [0.15, 0.2) is 47.4 Å². The number of halogens is 1. The fourth-order valence-corrected chi connectivity index (χ4v) is 2.11. The van der Waals surface area contributed by atoms with Crippen LogP contribution in [0.2, 0.25) is 5.15 Å². The van der Waals surface area contributed by atoms with Gasteiger partial charge in [-0.15, -0.1) is 0 Å². The molecule has 90 valence electrons. The van der Waals surface area contributed by atoms with E-state index in [-0.39, 0.29) is 5.69 Å². The van der Waals surface area contributed by atoms with Gasteiger partial charge in [0.15, 0.2) is 0 Å². The van der Waals surface area contributed by atoms with Gasteiger partial charge in [0.05, 0.1) is 23.8 Å². The third-order valence-corrected chi connectivity index (χ3v) is 3.02.